The fourth-order valence-corrected chi connectivity index (χ4v) is 4.51. The van der Waals surface area contributed by atoms with Gasteiger partial charge in [-0.3, -0.25) is 9.36 Å². The van der Waals surface area contributed by atoms with Gasteiger partial charge in [-0.15, -0.1) is 0 Å². The Balaban J connectivity index is 1.94. The molecule has 1 atom stereocenters. The highest BCUT2D eigenvalue weighted by molar-refractivity contribution is 7.07. The maximum atomic E-state index is 13.5. The number of esters is 1. The first-order chi connectivity index (χ1) is 14.9. The van der Waals surface area contributed by atoms with Gasteiger partial charge in [0, 0.05) is 0 Å². The minimum Gasteiger partial charge on any atom is -0.463 e. The fraction of sp³-hybridized carbons (Fsp3) is 0.174. The Labute approximate surface area is 180 Å². The molecule has 0 spiro atoms. The van der Waals surface area contributed by atoms with Gasteiger partial charge < -0.3 is 4.74 Å². The normalized spacial score (nSPS) is 16.1. The van der Waals surface area contributed by atoms with Crippen LogP contribution in [0.15, 0.2) is 69.6 Å². The first-order valence-corrected chi connectivity index (χ1v) is 10.4. The summed E-state index contributed by atoms with van der Waals surface area (Å²) in [5.74, 6) is -1.37. The number of halogens is 2. The molecule has 0 N–H and O–H groups in total. The van der Waals surface area contributed by atoms with E-state index in [9.17, 15) is 18.4 Å². The molecule has 8 heteroatoms. The Morgan fingerprint density at radius 1 is 1.13 bits per heavy atom. The average molecular weight is 440 g/mol. The second-order valence-corrected chi connectivity index (χ2v) is 7.91. The Morgan fingerprint density at radius 3 is 2.35 bits per heavy atom. The number of ether oxygens (including phenoxy) is 1. The van der Waals surface area contributed by atoms with Crippen LogP contribution in [0.5, 0.6) is 0 Å². The molecule has 0 saturated heterocycles. The number of benzene rings is 2. The number of aromatic nitrogens is 1. The topological polar surface area (TPSA) is 60.7 Å². The number of fused-ring (bicyclic) bond motifs is 1. The van der Waals surface area contributed by atoms with Crippen LogP contribution in [0.4, 0.5) is 8.78 Å². The molecule has 0 saturated carbocycles. The van der Waals surface area contributed by atoms with Gasteiger partial charge >= 0.3 is 5.97 Å². The summed E-state index contributed by atoms with van der Waals surface area (Å²) in [6.45, 7) is 3.54. The molecule has 1 aliphatic rings. The minimum atomic E-state index is -0.800. The summed E-state index contributed by atoms with van der Waals surface area (Å²) in [6.07, 6.45) is 1.65. The molecule has 158 valence electrons. The van der Waals surface area contributed by atoms with Crippen molar-refractivity contribution in [1.29, 1.82) is 0 Å². The van der Waals surface area contributed by atoms with Crippen molar-refractivity contribution in [3.8, 4) is 0 Å². The molecule has 0 aliphatic carbocycles. The zero-order chi connectivity index (χ0) is 22.1. The Hall–Kier alpha value is -3.39. The van der Waals surface area contributed by atoms with Crippen LogP contribution in [0.3, 0.4) is 0 Å². The van der Waals surface area contributed by atoms with E-state index in [4.69, 9.17) is 4.74 Å². The predicted molar refractivity (Wildman–Crippen MR) is 113 cm³/mol. The molecule has 0 radical (unpaired) electrons. The molecule has 0 bridgehead atoms. The summed E-state index contributed by atoms with van der Waals surface area (Å²) in [5, 5.41) is 0. The van der Waals surface area contributed by atoms with Crippen molar-refractivity contribution in [2.45, 2.75) is 19.9 Å². The van der Waals surface area contributed by atoms with Crippen LogP contribution in [0.1, 0.15) is 31.0 Å². The highest BCUT2D eigenvalue weighted by Gasteiger charge is 2.33. The summed E-state index contributed by atoms with van der Waals surface area (Å²) in [4.78, 5) is 31.0. The molecule has 3 aromatic rings. The van der Waals surface area contributed by atoms with E-state index in [0.29, 0.717) is 26.2 Å². The fourth-order valence-electron chi connectivity index (χ4n) is 3.46. The number of allylic oxidation sites excluding steroid dienone is 1. The van der Waals surface area contributed by atoms with E-state index >= 15 is 0 Å². The molecular weight excluding hydrogens is 422 g/mol. The molecule has 1 aromatic heterocycles. The number of hydrogen-bond acceptors (Lipinski definition) is 5. The van der Waals surface area contributed by atoms with Crippen molar-refractivity contribution in [3.63, 3.8) is 0 Å². The monoisotopic (exact) mass is 440 g/mol. The van der Waals surface area contributed by atoms with Crippen LogP contribution in [0.25, 0.3) is 6.08 Å². The number of rotatable bonds is 4. The van der Waals surface area contributed by atoms with Gasteiger partial charge in [0.25, 0.3) is 5.56 Å². The molecule has 2 aromatic carbocycles. The molecule has 4 rings (SSSR count). The van der Waals surface area contributed by atoms with Crippen LogP contribution in [0, 0.1) is 11.6 Å². The molecule has 31 heavy (non-hydrogen) atoms. The molecule has 0 unspecified atom stereocenters. The third-order valence-corrected chi connectivity index (χ3v) is 5.85. The molecular formula is C23H18F2N2O3S. The van der Waals surface area contributed by atoms with Gasteiger partial charge in [0.1, 0.15) is 11.6 Å². The SMILES string of the molecule is CCOC(=O)C1=C(C)N=c2s/c(=C\c3ccc(F)cc3)c(=O)n2[C@@H]1c1ccc(F)cc1. The quantitative estimate of drug-likeness (QED) is 0.586. The van der Waals surface area contributed by atoms with Crippen LogP contribution in [0.2, 0.25) is 0 Å². The molecule has 1 aliphatic heterocycles. The smallest absolute Gasteiger partial charge is 0.338 e. The Morgan fingerprint density at radius 2 is 1.74 bits per heavy atom. The van der Waals surface area contributed by atoms with E-state index in [0.717, 1.165) is 0 Å². The number of hydrogen-bond donors (Lipinski definition) is 0. The van der Waals surface area contributed by atoms with E-state index < -0.39 is 17.8 Å². The Bertz CT molecular complexity index is 1350. The lowest BCUT2D eigenvalue weighted by Crippen LogP contribution is -2.39. The third-order valence-electron chi connectivity index (χ3n) is 4.87. The van der Waals surface area contributed by atoms with Crippen molar-refractivity contribution in [2.24, 2.45) is 4.99 Å². The maximum absolute atomic E-state index is 13.5. The number of nitrogens with zero attached hydrogens (tertiary/aromatic N) is 2. The second-order valence-electron chi connectivity index (χ2n) is 6.91. The molecule has 2 heterocycles. The van der Waals surface area contributed by atoms with E-state index in [1.165, 1.54) is 52.3 Å². The van der Waals surface area contributed by atoms with E-state index in [1.54, 1.807) is 32.1 Å². The highest BCUT2D eigenvalue weighted by atomic mass is 32.1. The lowest BCUT2D eigenvalue weighted by atomic mass is 9.96. The second kappa shape index (κ2) is 8.39. The van der Waals surface area contributed by atoms with Crippen molar-refractivity contribution in [2.75, 3.05) is 6.61 Å². The largest absolute Gasteiger partial charge is 0.463 e. The lowest BCUT2D eigenvalue weighted by molar-refractivity contribution is -0.139. The number of carbonyl (C=O) groups is 1. The minimum absolute atomic E-state index is 0.167. The summed E-state index contributed by atoms with van der Waals surface area (Å²) < 4.78 is 33.8. The highest BCUT2D eigenvalue weighted by Crippen LogP contribution is 2.30. The van der Waals surface area contributed by atoms with Gasteiger partial charge in [-0.25, -0.2) is 18.6 Å². The van der Waals surface area contributed by atoms with Gasteiger partial charge in [-0.1, -0.05) is 35.6 Å². The first-order valence-electron chi connectivity index (χ1n) is 9.59. The van der Waals surface area contributed by atoms with Crippen LogP contribution >= 0.6 is 11.3 Å². The maximum Gasteiger partial charge on any atom is 0.338 e. The van der Waals surface area contributed by atoms with Crippen molar-refractivity contribution >= 4 is 23.4 Å². The van der Waals surface area contributed by atoms with Crippen LogP contribution in [-0.4, -0.2) is 17.1 Å². The standard InChI is InChI=1S/C23H18F2N2O3S/c1-3-30-22(29)19-13(2)26-23-27(20(19)15-6-10-17(25)11-7-15)21(28)18(31-23)12-14-4-8-16(24)9-5-14/h4-12,20H,3H2,1-2H3/b18-12-/t20-/m1/s1. The third kappa shape index (κ3) is 3.98. The van der Waals surface area contributed by atoms with E-state index in [-0.39, 0.29) is 23.6 Å². The summed E-state index contributed by atoms with van der Waals surface area (Å²) >= 11 is 1.17. The van der Waals surface area contributed by atoms with Crippen LogP contribution in [-0.2, 0) is 9.53 Å². The van der Waals surface area contributed by atoms with Gasteiger partial charge in [0.05, 0.1) is 28.5 Å². The molecule has 5 nitrogen and oxygen atoms in total. The van der Waals surface area contributed by atoms with Gasteiger partial charge in [0.2, 0.25) is 0 Å². The van der Waals surface area contributed by atoms with Crippen LogP contribution < -0.4 is 14.9 Å². The molecule has 0 fully saturated rings. The lowest BCUT2D eigenvalue weighted by Gasteiger charge is -2.24. The molecule has 0 amide bonds. The summed E-state index contributed by atoms with van der Waals surface area (Å²) in [6, 6.07) is 10.6. The van der Waals surface area contributed by atoms with Gasteiger partial charge in [-0.05, 0) is 55.3 Å². The van der Waals surface area contributed by atoms with Gasteiger partial charge in [-0.2, -0.15) is 0 Å². The zero-order valence-electron chi connectivity index (χ0n) is 16.8. The van der Waals surface area contributed by atoms with Gasteiger partial charge in [0.15, 0.2) is 4.80 Å². The van der Waals surface area contributed by atoms with E-state index in [2.05, 4.69) is 4.99 Å². The zero-order valence-corrected chi connectivity index (χ0v) is 17.6. The van der Waals surface area contributed by atoms with Crippen molar-refractivity contribution < 1.29 is 18.3 Å². The first kappa shape index (κ1) is 20.9. The Kier molecular flexibility index (Phi) is 5.65. The summed E-state index contributed by atoms with van der Waals surface area (Å²) in [5.41, 5.74) is 1.53. The summed E-state index contributed by atoms with van der Waals surface area (Å²) in [7, 11) is 0. The average Bonchev–Trinajstić information content (AvgIpc) is 3.04. The van der Waals surface area contributed by atoms with Crippen molar-refractivity contribution in [3.05, 3.63) is 102 Å². The van der Waals surface area contributed by atoms with Crippen molar-refractivity contribution in [1.82, 2.24) is 4.57 Å². The van der Waals surface area contributed by atoms with E-state index in [1.807, 2.05) is 0 Å². The number of carbonyl (C=O) groups excluding carboxylic acids is 1. The predicted octanol–water partition coefficient (Wildman–Crippen LogP) is 3.08. The number of thiazole rings is 1.